The molecule has 5 nitrogen and oxygen atoms in total. The van der Waals surface area contributed by atoms with Gasteiger partial charge < -0.3 is 16.4 Å². The lowest BCUT2D eigenvalue weighted by atomic mass is 10.0. The van der Waals surface area contributed by atoms with Crippen molar-refractivity contribution in [3.8, 4) is 0 Å². The fourth-order valence-electron chi connectivity index (χ4n) is 2.05. The number of aliphatic imine (C=N–C) groups is 1. The Bertz CT molecular complexity index is 475. The quantitative estimate of drug-likeness (QED) is 0.531. The standard InChI is InChI=1S/C16H26N4O/c1-4-10-18-14(21)11-19-16(17)20-15-12(5-2)8-7-9-13(15)6-3/h7-9H,4-6,10-11H2,1-3H3,(H,18,21)(H3,17,19,20). The highest BCUT2D eigenvalue weighted by atomic mass is 16.1. The van der Waals surface area contributed by atoms with Gasteiger partial charge in [0.1, 0.15) is 6.54 Å². The largest absolute Gasteiger partial charge is 0.370 e. The second-order valence-electron chi connectivity index (χ2n) is 4.83. The Morgan fingerprint density at radius 1 is 1.19 bits per heavy atom. The number of rotatable bonds is 7. The number of carbonyl (C=O) groups excluding carboxylic acids is 1. The van der Waals surface area contributed by atoms with E-state index >= 15 is 0 Å². The van der Waals surface area contributed by atoms with Crippen molar-refractivity contribution in [3.05, 3.63) is 29.3 Å². The van der Waals surface area contributed by atoms with Crippen LogP contribution in [0.1, 0.15) is 38.3 Å². The van der Waals surface area contributed by atoms with Crippen molar-refractivity contribution in [2.45, 2.75) is 40.0 Å². The molecule has 0 atom stereocenters. The van der Waals surface area contributed by atoms with Gasteiger partial charge in [-0.05, 0) is 30.4 Å². The molecular formula is C16H26N4O. The highest BCUT2D eigenvalue weighted by Gasteiger charge is 2.07. The Labute approximate surface area is 127 Å². The molecule has 0 saturated carbocycles. The van der Waals surface area contributed by atoms with E-state index in [-0.39, 0.29) is 18.4 Å². The van der Waals surface area contributed by atoms with Gasteiger partial charge in [0.15, 0.2) is 5.96 Å². The number of benzene rings is 1. The van der Waals surface area contributed by atoms with Crippen molar-refractivity contribution >= 4 is 17.6 Å². The summed E-state index contributed by atoms with van der Waals surface area (Å²) < 4.78 is 0. The van der Waals surface area contributed by atoms with Gasteiger partial charge in [-0.3, -0.25) is 4.79 Å². The minimum absolute atomic E-state index is 0.0502. The fourth-order valence-corrected chi connectivity index (χ4v) is 2.05. The minimum Gasteiger partial charge on any atom is -0.370 e. The maximum absolute atomic E-state index is 11.5. The summed E-state index contributed by atoms with van der Waals surface area (Å²) in [4.78, 5) is 15.6. The number of aryl methyl sites for hydroxylation is 2. The van der Waals surface area contributed by atoms with E-state index in [1.54, 1.807) is 0 Å². The van der Waals surface area contributed by atoms with E-state index < -0.39 is 0 Å². The summed E-state index contributed by atoms with van der Waals surface area (Å²) in [7, 11) is 0. The zero-order valence-corrected chi connectivity index (χ0v) is 13.2. The molecule has 0 radical (unpaired) electrons. The summed E-state index contributed by atoms with van der Waals surface area (Å²) in [5, 5.41) is 5.91. The number of hydrogen-bond donors (Lipinski definition) is 3. The van der Waals surface area contributed by atoms with Crippen LogP contribution in [0.4, 0.5) is 5.69 Å². The molecule has 1 amide bonds. The first-order valence-corrected chi connectivity index (χ1v) is 7.56. The van der Waals surface area contributed by atoms with Crippen LogP contribution in [0.3, 0.4) is 0 Å². The Kier molecular flexibility index (Phi) is 7.29. The predicted octanol–water partition coefficient (Wildman–Crippen LogP) is 2.06. The topological polar surface area (TPSA) is 79.5 Å². The summed E-state index contributed by atoms with van der Waals surface area (Å²) in [6.45, 7) is 6.93. The molecule has 0 bridgehead atoms. The third-order valence-corrected chi connectivity index (χ3v) is 3.22. The lowest BCUT2D eigenvalue weighted by Crippen LogP contribution is -2.30. The normalized spacial score (nSPS) is 11.3. The molecule has 0 aromatic heterocycles. The van der Waals surface area contributed by atoms with E-state index in [0.29, 0.717) is 6.54 Å². The molecular weight excluding hydrogens is 264 g/mol. The fraction of sp³-hybridized carbons (Fsp3) is 0.500. The lowest BCUT2D eigenvalue weighted by molar-refractivity contribution is -0.119. The van der Waals surface area contributed by atoms with Gasteiger partial charge in [-0.1, -0.05) is 39.0 Å². The molecule has 0 heterocycles. The van der Waals surface area contributed by atoms with E-state index in [9.17, 15) is 4.79 Å². The van der Waals surface area contributed by atoms with Crippen molar-refractivity contribution in [3.63, 3.8) is 0 Å². The van der Waals surface area contributed by atoms with Crippen molar-refractivity contribution in [1.82, 2.24) is 5.32 Å². The number of carbonyl (C=O) groups is 1. The summed E-state index contributed by atoms with van der Waals surface area (Å²) >= 11 is 0. The van der Waals surface area contributed by atoms with E-state index in [2.05, 4.69) is 41.6 Å². The van der Waals surface area contributed by atoms with E-state index in [4.69, 9.17) is 5.73 Å². The summed E-state index contributed by atoms with van der Waals surface area (Å²) in [6.07, 6.45) is 2.74. The zero-order valence-electron chi connectivity index (χ0n) is 13.2. The van der Waals surface area contributed by atoms with Gasteiger partial charge in [0.25, 0.3) is 0 Å². The molecule has 0 spiro atoms. The molecule has 4 N–H and O–H groups in total. The van der Waals surface area contributed by atoms with Crippen LogP contribution in [0, 0.1) is 0 Å². The van der Waals surface area contributed by atoms with Crippen molar-refractivity contribution in [2.24, 2.45) is 10.7 Å². The van der Waals surface area contributed by atoms with Crippen molar-refractivity contribution in [1.29, 1.82) is 0 Å². The second kappa shape index (κ2) is 9.00. The molecule has 0 aliphatic heterocycles. The SMILES string of the molecule is CCCNC(=O)CN=C(N)Nc1c(CC)cccc1CC. The molecule has 1 rings (SSSR count). The van der Waals surface area contributed by atoms with Gasteiger partial charge in [0.05, 0.1) is 0 Å². The molecule has 0 aliphatic carbocycles. The number of nitrogens with two attached hydrogens (primary N) is 1. The van der Waals surface area contributed by atoms with Crippen LogP contribution < -0.4 is 16.4 Å². The van der Waals surface area contributed by atoms with E-state index in [0.717, 1.165) is 24.9 Å². The first-order chi connectivity index (χ1) is 10.1. The number of anilines is 1. The minimum atomic E-state index is -0.110. The van der Waals surface area contributed by atoms with Crippen LogP contribution in [-0.4, -0.2) is 25.0 Å². The highest BCUT2D eigenvalue weighted by Crippen LogP contribution is 2.22. The maximum atomic E-state index is 11.5. The average Bonchev–Trinajstić information content (AvgIpc) is 2.51. The molecule has 5 heteroatoms. The van der Waals surface area contributed by atoms with Gasteiger partial charge >= 0.3 is 0 Å². The van der Waals surface area contributed by atoms with Crippen molar-refractivity contribution < 1.29 is 4.79 Å². The van der Waals surface area contributed by atoms with E-state index in [1.165, 1.54) is 11.1 Å². The van der Waals surface area contributed by atoms with Gasteiger partial charge in [0.2, 0.25) is 5.91 Å². The molecule has 0 unspecified atom stereocenters. The Morgan fingerprint density at radius 2 is 1.81 bits per heavy atom. The summed E-state index contributed by atoms with van der Waals surface area (Å²) in [5.74, 6) is 0.165. The summed E-state index contributed by atoms with van der Waals surface area (Å²) in [5.41, 5.74) is 9.29. The van der Waals surface area contributed by atoms with Crippen LogP contribution in [0.15, 0.2) is 23.2 Å². The Balaban J connectivity index is 2.74. The third kappa shape index (κ3) is 5.45. The molecule has 0 aliphatic rings. The van der Waals surface area contributed by atoms with Crippen LogP contribution >= 0.6 is 0 Å². The number of hydrogen-bond acceptors (Lipinski definition) is 2. The van der Waals surface area contributed by atoms with Gasteiger partial charge in [-0.25, -0.2) is 4.99 Å². The first kappa shape index (κ1) is 17.0. The molecule has 21 heavy (non-hydrogen) atoms. The third-order valence-electron chi connectivity index (χ3n) is 3.22. The maximum Gasteiger partial charge on any atom is 0.241 e. The lowest BCUT2D eigenvalue weighted by Gasteiger charge is -2.14. The van der Waals surface area contributed by atoms with Crippen LogP contribution in [-0.2, 0) is 17.6 Å². The predicted molar refractivity (Wildman–Crippen MR) is 88.6 cm³/mol. The van der Waals surface area contributed by atoms with Gasteiger partial charge in [-0.15, -0.1) is 0 Å². The number of amides is 1. The number of guanidine groups is 1. The van der Waals surface area contributed by atoms with E-state index in [1.807, 2.05) is 13.0 Å². The number of nitrogens with one attached hydrogen (secondary N) is 2. The Morgan fingerprint density at radius 3 is 2.33 bits per heavy atom. The molecule has 1 aromatic rings. The number of nitrogens with zero attached hydrogens (tertiary/aromatic N) is 1. The smallest absolute Gasteiger partial charge is 0.241 e. The molecule has 0 fully saturated rings. The Hall–Kier alpha value is -2.04. The van der Waals surface area contributed by atoms with Gasteiger partial charge in [0, 0.05) is 12.2 Å². The van der Waals surface area contributed by atoms with Crippen molar-refractivity contribution in [2.75, 3.05) is 18.4 Å². The molecule has 1 aromatic carbocycles. The van der Waals surface area contributed by atoms with Crippen LogP contribution in [0.2, 0.25) is 0 Å². The zero-order chi connectivity index (χ0) is 15.7. The highest BCUT2D eigenvalue weighted by molar-refractivity contribution is 5.95. The first-order valence-electron chi connectivity index (χ1n) is 7.56. The van der Waals surface area contributed by atoms with Crippen LogP contribution in [0.5, 0.6) is 0 Å². The average molecular weight is 290 g/mol. The number of para-hydroxylation sites is 1. The van der Waals surface area contributed by atoms with Gasteiger partial charge in [-0.2, -0.15) is 0 Å². The summed E-state index contributed by atoms with van der Waals surface area (Å²) in [6, 6.07) is 6.19. The van der Waals surface area contributed by atoms with Crippen LogP contribution in [0.25, 0.3) is 0 Å². The second-order valence-corrected chi connectivity index (χ2v) is 4.83. The molecule has 116 valence electrons. The molecule has 0 saturated heterocycles. The monoisotopic (exact) mass is 290 g/mol.